The molecule has 2 N–H and O–H groups in total. The molecule has 0 aliphatic heterocycles. The number of rotatable bonds is 5. The number of nitrogens with one attached hydrogen (secondary N) is 1. The summed E-state index contributed by atoms with van der Waals surface area (Å²) in [7, 11) is 0. The van der Waals surface area contributed by atoms with Crippen molar-refractivity contribution in [3.8, 4) is 5.75 Å². The minimum Gasteiger partial charge on any atom is -0.508 e. The molecule has 119 valence electrons. The van der Waals surface area contributed by atoms with Gasteiger partial charge in [-0.25, -0.2) is 4.98 Å². The highest BCUT2D eigenvalue weighted by molar-refractivity contribution is 5.96. The minimum absolute atomic E-state index is 0.148. The normalized spacial score (nSPS) is 11.8. The molecule has 1 radical (unpaired) electrons. The van der Waals surface area contributed by atoms with Crippen LogP contribution in [0.25, 0.3) is 10.9 Å². The third-order valence-corrected chi connectivity index (χ3v) is 3.65. The van der Waals surface area contributed by atoms with E-state index in [1.807, 2.05) is 36.6 Å². The lowest BCUT2D eigenvalue weighted by atomic mass is 10.1. The van der Waals surface area contributed by atoms with Crippen LogP contribution in [0.4, 0.5) is 0 Å². The van der Waals surface area contributed by atoms with Crippen LogP contribution in [0.5, 0.6) is 5.75 Å². The third-order valence-electron chi connectivity index (χ3n) is 3.65. The standard InChI is InChI=1S/C19H15N2O3/c22-12-15(11-13-5-8-16(23)9-6-13)20-19(24)18-10-7-14-3-1-2-4-17(14)21-18/h1-10,15,23H,11H2,(H,20,24)/t15-/m0/s1. The molecule has 5 nitrogen and oxygen atoms in total. The number of aromatic hydroxyl groups is 1. The highest BCUT2D eigenvalue weighted by Crippen LogP contribution is 2.13. The van der Waals surface area contributed by atoms with E-state index in [9.17, 15) is 14.7 Å². The molecule has 3 aromatic rings. The van der Waals surface area contributed by atoms with E-state index < -0.39 is 11.9 Å². The van der Waals surface area contributed by atoms with Gasteiger partial charge in [0, 0.05) is 11.8 Å². The minimum atomic E-state index is -0.782. The number of carbonyl (C=O) groups excluding carboxylic acids is 2. The first-order valence-electron chi connectivity index (χ1n) is 7.48. The van der Waals surface area contributed by atoms with Crippen molar-refractivity contribution in [3.05, 3.63) is 71.9 Å². The number of fused-ring (bicyclic) bond motifs is 1. The van der Waals surface area contributed by atoms with Crippen LogP contribution in [-0.2, 0) is 11.2 Å². The molecule has 0 aliphatic rings. The molecule has 0 bridgehead atoms. The van der Waals surface area contributed by atoms with E-state index >= 15 is 0 Å². The number of hydrogen-bond donors (Lipinski definition) is 2. The molecule has 0 saturated carbocycles. The van der Waals surface area contributed by atoms with Crippen LogP contribution in [0.15, 0.2) is 60.7 Å². The Morgan fingerprint density at radius 3 is 2.58 bits per heavy atom. The highest BCUT2D eigenvalue weighted by atomic mass is 16.3. The van der Waals surface area contributed by atoms with Crippen LogP contribution in [0.1, 0.15) is 16.1 Å². The quantitative estimate of drug-likeness (QED) is 0.757. The Bertz CT molecular complexity index is 875. The predicted octanol–water partition coefficient (Wildman–Crippen LogP) is 2.39. The molecule has 1 amide bonds. The summed E-state index contributed by atoms with van der Waals surface area (Å²) in [6.07, 6.45) is 2.13. The second-order valence-corrected chi connectivity index (χ2v) is 5.40. The number of aromatic nitrogens is 1. The zero-order chi connectivity index (χ0) is 16.9. The summed E-state index contributed by atoms with van der Waals surface area (Å²) in [4.78, 5) is 27.8. The fourth-order valence-electron chi connectivity index (χ4n) is 2.41. The van der Waals surface area contributed by atoms with Gasteiger partial charge in [0.05, 0.1) is 11.6 Å². The molecule has 1 heterocycles. The number of para-hydroxylation sites is 1. The molecule has 1 aromatic heterocycles. The van der Waals surface area contributed by atoms with Crippen LogP contribution in [0.3, 0.4) is 0 Å². The lowest BCUT2D eigenvalue weighted by Crippen LogP contribution is -2.38. The van der Waals surface area contributed by atoms with Crippen LogP contribution >= 0.6 is 0 Å². The van der Waals surface area contributed by atoms with Crippen molar-refractivity contribution in [1.29, 1.82) is 0 Å². The van der Waals surface area contributed by atoms with Gasteiger partial charge in [-0.3, -0.25) is 9.59 Å². The van der Waals surface area contributed by atoms with Gasteiger partial charge in [-0.1, -0.05) is 36.4 Å². The van der Waals surface area contributed by atoms with Crippen molar-refractivity contribution in [2.24, 2.45) is 0 Å². The summed E-state index contributed by atoms with van der Waals surface area (Å²) in [6.45, 7) is 0. The lowest BCUT2D eigenvalue weighted by Gasteiger charge is -2.12. The first kappa shape index (κ1) is 15.7. The molecule has 0 unspecified atom stereocenters. The number of phenols is 1. The Labute approximate surface area is 139 Å². The Kier molecular flexibility index (Phi) is 4.52. The van der Waals surface area contributed by atoms with Crippen molar-refractivity contribution >= 4 is 23.1 Å². The summed E-state index contributed by atoms with van der Waals surface area (Å²) in [5.41, 5.74) is 1.78. The number of carbonyl (C=O) groups is 1. The van der Waals surface area contributed by atoms with E-state index in [1.165, 1.54) is 12.1 Å². The van der Waals surface area contributed by atoms with Crippen LogP contribution in [0, 0.1) is 0 Å². The monoisotopic (exact) mass is 319 g/mol. The molecule has 0 spiro atoms. The van der Waals surface area contributed by atoms with Gasteiger partial charge in [-0.15, -0.1) is 0 Å². The van der Waals surface area contributed by atoms with E-state index in [4.69, 9.17) is 0 Å². The molecule has 3 rings (SSSR count). The maximum absolute atomic E-state index is 12.3. The van der Waals surface area contributed by atoms with Gasteiger partial charge < -0.3 is 10.4 Å². The molecule has 0 saturated heterocycles. The van der Waals surface area contributed by atoms with Crippen molar-refractivity contribution in [2.45, 2.75) is 12.5 Å². The zero-order valence-corrected chi connectivity index (χ0v) is 12.8. The molecule has 0 aliphatic carbocycles. The zero-order valence-electron chi connectivity index (χ0n) is 12.8. The maximum atomic E-state index is 12.3. The smallest absolute Gasteiger partial charge is 0.270 e. The van der Waals surface area contributed by atoms with Crippen molar-refractivity contribution in [3.63, 3.8) is 0 Å². The molecular formula is C19H15N2O3. The van der Waals surface area contributed by atoms with Crippen molar-refractivity contribution in [2.75, 3.05) is 0 Å². The van der Waals surface area contributed by atoms with Crippen LogP contribution in [0.2, 0.25) is 0 Å². The van der Waals surface area contributed by atoms with E-state index in [2.05, 4.69) is 10.3 Å². The Morgan fingerprint density at radius 2 is 1.83 bits per heavy atom. The van der Waals surface area contributed by atoms with Crippen molar-refractivity contribution < 1.29 is 14.7 Å². The molecular weight excluding hydrogens is 304 g/mol. The lowest BCUT2D eigenvalue weighted by molar-refractivity contribution is 0.0941. The van der Waals surface area contributed by atoms with E-state index in [0.717, 1.165) is 16.5 Å². The van der Waals surface area contributed by atoms with Gasteiger partial charge in [0.15, 0.2) is 0 Å². The van der Waals surface area contributed by atoms with Gasteiger partial charge in [0.25, 0.3) is 5.91 Å². The maximum Gasteiger partial charge on any atom is 0.270 e. The third kappa shape index (κ3) is 3.57. The number of nitrogens with zero attached hydrogens (tertiary/aromatic N) is 1. The average Bonchev–Trinajstić information content (AvgIpc) is 2.62. The molecule has 0 fully saturated rings. The van der Waals surface area contributed by atoms with Gasteiger partial charge in [-0.2, -0.15) is 0 Å². The van der Waals surface area contributed by atoms with Gasteiger partial charge in [0.2, 0.25) is 6.29 Å². The Morgan fingerprint density at radius 1 is 1.08 bits per heavy atom. The molecule has 2 aromatic carbocycles. The molecule has 5 heteroatoms. The molecule has 24 heavy (non-hydrogen) atoms. The predicted molar refractivity (Wildman–Crippen MR) is 90.5 cm³/mol. The van der Waals surface area contributed by atoms with E-state index in [1.54, 1.807) is 18.2 Å². The SMILES string of the molecule is O=[C][C@H](Cc1ccc(O)cc1)NC(=O)c1ccc2ccccc2n1. The molecule has 1 atom stereocenters. The van der Waals surface area contributed by atoms with Crippen LogP contribution in [-0.4, -0.2) is 28.3 Å². The summed E-state index contributed by atoms with van der Waals surface area (Å²) in [5, 5.41) is 12.8. The Balaban J connectivity index is 1.73. The fraction of sp³-hybridized carbons (Fsp3) is 0.105. The Hall–Kier alpha value is -3.21. The average molecular weight is 319 g/mol. The topological polar surface area (TPSA) is 79.3 Å². The second kappa shape index (κ2) is 6.91. The van der Waals surface area contributed by atoms with E-state index in [-0.39, 0.29) is 11.4 Å². The van der Waals surface area contributed by atoms with Crippen LogP contribution < -0.4 is 5.32 Å². The summed E-state index contributed by atoms with van der Waals surface area (Å²) < 4.78 is 0. The first-order valence-corrected chi connectivity index (χ1v) is 7.48. The number of pyridine rings is 1. The summed E-state index contributed by atoms with van der Waals surface area (Å²) in [5.74, 6) is -0.275. The first-order chi connectivity index (χ1) is 11.7. The number of phenolic OH excluding ortho intramolecular Hbond substituents is 1. The van der Waals surface area contributed by atoms with Crippen molar-refractivity contribution in [1.82, 2.24) is 10.3 Å². The van der Waals surface area contributed by atoms with E-state index in [0.29, 0.717) is 6.42 Å². The largest absolute Gasteiger partial charge is 0.508 e. The van der Waals surface area contributed by atoms with Gasteiger partial charge >= 0.3 is 0 Å². The summed E-state index contributed by atoms with van der Waals surface area (Å²) >= 11 is 0. The number of hydrogen-bond acceptors (Lipinski definition) is 4. The second-order valence-electron chi connectivity index (χ2n) is 5.40. The highest BCUT2D eigenvalue weighted by Gasteiger charge is 2.16. The van der Waals surface area contributed by atoms with Gasteiger partial charge in [-0.05, 0) is 29.8 Å². The van der Waals surface area contributed by atoms with Gasteiger partial charge in [0.1, 0.15) is 11.4 Å². The number of benzene rings is 2. The fourth-order valence-corrected chi connectivity index (χ4v) is 2.41. The summed E-state index contributed by atoms with van der Waals surface area (Å²) in [6, 6.07) is 16.6. The number of amides is 1.